The number of carbonyl (C=O) groups excluding carboxylic acids is 1. The van der Waals surface area contributed by atoms with Crippen LogP contribution in [0.15, 0.2) is 24.3 Å². The molecule has 2 aromatic rings. The van der Waals surface area contributed by atoms with Gasteiger partial charge in [0, 0.05) is 11.1 Å². The molecule has 0 aliphatic heterocycles. The van der Waals surface area contributed by atoms with Crippen molar-refractivity contribution in [2.24, 2.45) is 0 Å². The van der Waals surface area contributed by atoms with Crippen molar-refractivity contribution in [1.29, 1.82) is 0 Å². The third-order valence-electron chi connectivity index (χ3n) is 2.50. The van der Waals surface area contributed by atoms with Crippen molar-refractivity contribution in [3.05, 3.63) is 35.5 Å². The summed E-state index contributed by atoms with van der Waals surface area (Å²) in [4.78, 5) is 15.8. The molecule has 0 spiro atoms. The molecule has 1 aromatic carbocycles. The Morgan fingerprint density at radius 1 is 1.41 bits per heavy atom. The van der Waals surface area contributed by atoms with Crippen molar-refractivity contribution in [2.75, 3.05) is 12.3 Å². The number of benzene rings is 1. The van der Waals surface area contributed by atoms with Gasteiger partial charge in [-0.25, -0.2) is 9.78 Å². The van der Waals surface area contributed by atoms with Gasteiger partial charge in [-0.15, -0.1) is 0 Å². The van der Waals surface area contributed by atoms with Crippen LogP contribution in [0.1, 0.15) is 23.0 Å². The Hall–Kier alpha value is -2.10. The van der Waals surface area contributed by atoms with Crippen molar-refractivity contribution < 1.29 is 9.53 Å². The van der Waals surface area contributed by atoms with Gasteiger partial charge in [0.25, 0.3) is 0 Å². The summed E-state index contributed by atoms with van der Waals surface area (Å²) in [6.07, 6.45) is 0. The van der Waals surface area contributed by atoms with Crippen LogP contribution in [-0.2, 0) is 4.74 Å². The SMILES string of the molecule is CCOC(=O)c1ccc2c(N)nc(C)cc2c1. The molecule has 0 amide bonds. The summed E-state index contributed by atoms with van der Waals surface area (Å²) in [5.74, 6) is 0.165. The predicted octanol–water partition coefficient (Wildman–Crippen LogP) is 2.30. The number of nitrogen functional groups attached to an aromatic ring is 1. The molecule has 17 heavy (non-hydrogen) atoms. The fourth-order valence-corrected chi connectivity index (χ4v) is 1.76. The van der Waals surface area contributed by atoms with E-state index in [9.17, 15) is 4.79 Å². The summed E-state index contributed by atoms with van der Waals surface area (Å²) >= 11 is 0. The molecule has 0 unspecified atom stereocenters. The van der Waals surface area contributed by atoms with Crippen LogP contribution in [0.2, 0.25) is 0 Å². The molecule has 0 bridgehead atoms. The molecule has 2 N–H and O–H groups in total. The van der Waals surface area contributed by atoms with Crippen LogP contribution in [0.25, 0.3) is 10.8 Å². The van der Waals surface area contributed by atoms with E-state index in [-0.39, 0.29) is 5.97 Å². The second kappa shape index (κ2) is 4.41. The van der Waals surface area contributed by atoms with E-state index >= 15 is 0 Å². The van der Waals surface area contributed by atoms with E-state index in [1.807, 2.05) is 13.0 Å². The van der Waals surface area contributed by atoms with Gasteiger partial charge in [0.15, 0.2) is 0 Å². The van der Waals surface area contributed by atoms with E-state index in [4.69, 9.17) is 10.5 Å². The largest absolute Gasteiger partial charge is 0.462 e. The fourth-order valence-electron chi connectivity index (χ4n) is 1.76. The van der Waals surface area contributed by atoms with E-state index < -0.39 is 0 Å². The zero-order valence-corrected chi connectivity index (χ0v) is 9.86. The number of fused-ring (bicyclic) bond motifs is 1. The van der Waals surface area contributed by atoms with E-state index in [1.54, 1.807) is 25.1 Å². The Morgan fingerprint density at radius 2 is 2.18 bits per heavy atom. The molecule has 0 aliphatic rings. The minimum Gasteiger partial charge on any atom is -0.462 e. The molecule has 1 aromatic heterocycles. The topological polar surface area (TPSA) is 65.2 Å². The highest BCUT2D eigenvalue weighted by molar-refractivity contribution is 5.98. The molecule has 1 heterocycles. The minimum absolute atomic E-state index is 0.317. The number of ether oxygens (including phenoxy) is 1. The van der Waals surface area contributed by atoms with Gasteiger partial charge in [-0.2, -0.15) is 0 Å². The minimum atomic E-state index is -0.317. The van der Waals surface area contributed by atoms with Crippen LogP contribution in [0.4, 0.5) is 5.82 Å². The third kappa shape index (κ3) is 2.20. The Balaban J connectivity index is 2.54. The lowest BCUT2D eigenvalue weighted by Crippen LogP contribution is -2.04. The first kappa shape index (κ1) is 11.4. The van der Waals surface area contributed by atoms with Crippen molar-refractivity contribution in [1.82, 2.24) is 4.98 Å². The van der Waals surface area contributed by atoms with Gasteiger partial charge in [-0.05, 0) is 43.5 Å². The van der Waals surface area contributed by atoms with E-state index in [1.165, 1.54) is 0 Å². The summed E-state index contributed by atoms with van der Waals surface area (Å²) in [5, 5.41) is 1.75. The van der Waals surface area contributed by atoms with E-state index in [2.05, 4.69) is 4.98 Å². The molecule has 88 valence electrons. The normalized spacial score (nSPS) is 10.5. The maximum atomic E-state index is 11.6. The summed E-state index contributed by atoms with van der Waals surface area (Å²) in [6.45, 7) is 4.02. The zero-order valence-electron chi connectivity index (χ0n) is 9.86. The molecule has 4 heteroatoms. The number of pyridine rings is 1. The molecule has 0 saturated carbocycles. The monoisotopic (exact) mass is 230 g/mol. The van der Waals surface area contributed by atoms with Crippen LogP contribution in [0.5, 0.6) is 0 Å². The van der Waals surface area contributed by atoms with Crippen molar-refractivity contribution in [3.8, 4) is 0 Å². The average molecular weight is 230 g/mol. The number of carbonyl (C=O) groups is 1. The van der Waals surface area contributed by atoms with Crippen LogP contribution < -0.4 is 5.73 Å². The highest BCUT2D eigenvalue weighted by Gasteiger charge is 2.08. The van der Waals surface area contributed by atoms with Crippen LogP contribution >= 0.6 is 0 Å². The first-order valence-electron chi connectivity index (χ1n) is 5.46. The summed E-state index contributed by atoms with van der Waals surface area (Å²) in [6, 6.07) is 7.17. The van der Waals surface area contributed by atoms with Gasteiger partial charge in [-0.1, -0.05) is 0 Å². The highest BCUT2D eigenvalue weighted by atomic mass is 16.5. The third-order valence-corrected chi connectivity index (χ3v) is 2.50. The summed E-state index contributed by atoms with van der Waals surface area (Å²) in [7, 11) is 0. The van der Waals surface area contributed by atoms with Crippen LogP contribution in [-0.4, -0.2) is 17.6 Å². The zero-order chi connectivity index (χ0) is 12.4. The number of nitrogens with two attached hydrogens (primary N) is 1. The lowest BCUT2D eigenvalue weighted by Gasteiger charge is -2.06. The number of hydrogen-bond donors (Lipinski definition) is 1. The quantitative estimate of drug-likeness (QED) is 0.804. The Bertz CT molecular complexity index is 579. The summed E-state index contributed by atoms with van der Waals surface area (Å²) < 4.78 is 4.95. The number of hydrogen-bond acceptors (Lipinski definition) is 4. The Kier molecular flexibility index (Phi) is 2.95. The smallest absolute Gasteiger partial charge is 0.338 e. The van der Waals surface area contributed by atoms with Crippen molar-refractivity contribution in [3.63, 3.8) is 0 Å². The summed E-state index contributed by atoms with van der Waals surface area (Å²) in [5.41, 5.74) is 7.18. The number of aromatic nitrogens is 1. The first-order valence-corrected chi connectivity index (χ1v) is 5.46. The number of aryl methyl sites for hydroxylation is 1. The first-order chi connectivity index (χ1) is 8.11. The average Bonchev–Trinajstić information content (AvgIpc) is 2.28. The molecule has 0 atom stereocenters. The van der Waals surface area contributed by atoms with Crippen molar-refractivity contribution in [2.45, 2.75) is 13.8 Å². The van der Waals surface area contributed by atoms with Gasteiger partial charge in [0.05, 0.1) is 12.2 Å². The molecular weight excluding hydrogens is 216 g/mol. The molecule has 4 nitrogen and oxygen atoms in total. The number of rotatable bonds is 2. The molecule has 0 aliphatic carbocycles. The second-order valence-electron chi connectivity index (χ2n) is 3.81. The fraction of sp³-hybridized carbons (Fsp3) is 0.231. The number of anilines is 1. The molecular formula is C13H14N2O2. The van der Waals surface area contributed by atoms with Gasteiger partial charge in [0.2, 0.25) is 0 Å². The van der Waals surface area contributed by atoms with E-state index in [0.29, 0.717) is 18.0 Å². The van der Waals surface area contributed by atoms with Crippen LogP contribution in [0, 0.1) is 6.92 Å². The Morgan fingerprint density at radius 3 is 2.88 bits per heavy atom. The highest BCUT2D eigenvalue weighted by Crippen LogP contribution is 2.22. The molecule has 0 saturated heterocycles. The predicted molar refractivity (Wildman–Crippen MR) is 66.8 cm³/mol. The van der Waals surface area contributed by atoms with Crippen LogP contribution in [0.3, 0.4) is 0 Å². The lowest BCUT2D eigenvalue weighted by molar-refractivity contribution is 0.0526. The van der Waals surface area contributed by atoms with E-state index in [0.717, 1.165) is 16.5 Å². The number of esters is 1. The van der Waals surface area contributed by atoms with Gasteiger partial charge in [-0.3, -0.25) is 0 Å². The molecule has 0 radical (unpaired) electrons. The van der Waals surface area contributed by atoms with Gasteiger partial charge in [0.1, 0.15) is 5.82 Å². The van der Waals surface area contributed by atoms with Gasteiger partial charge < -0.3 is 10.5 Å². The molecule has 2 rings (SSSR count). The standard InChI is InChI=1S/C13H14N2O2/c1-3-17-13(16)9-4-5-11-10(7-9)6-8(2)15-12(11)14/h4-7H,3H2,1-2H3,(H2,14,15). The second-order valence-corrected chi connectivity index (χ2v) is 3.81. The molecule has 0 fully saturated rings. The lowest BCUT2D eigenvalue weighted by atomic mass is 10.1. The van der Waals surface area contributed by atoms with Crippen molar-refractivity contribution >= 4 is 22.6 Å². The maximum Gasteiger partial charge on any atom is 0.338 e. The number of nitrogens with zero attached hydrogens (tertiary/aromatic N) is 1. The van der Waals surface area contributed by atoms with Gasteiger partial charge >= 0.3 is 5.97 Å². The maximum absolute atomic E-state index is 11.6. The Labute approximate surface area is 99.4 Å².